The average Bonchev–Trinajstić information content (AvgIpc) is 2.55. The van der Waals surface area contributed by atoms with E-state index in [9.17, 15) is 4.79 Å². The fourth-order valence-electron chi connectivity index (χ4n) is 3.11. The van der Waals surface area contributed by atoms with Crippen molar-refractivity contribution in [2.24, 2.45) is 0 Å². The van der Waals surface area contributed by atoms with Crippen molar-refractivity contribution in [2.75, 3.05) is 24.1 Å². The highest BCUT2D eigenvalue weighted by atomic mass is 16.6. The second-order valence-electron chi connectivity index (χ2n) is 7.48. The van der Waals surface area contributed by atoms with Gasteiger partial charge in [0.05, 0.1) is 0 Å². The van der Waals surface area contributed by atoms with Crippen LogP contribution in [0, 0.1) is 0 Å². The molecule has 6 nitrogen and oxygen atoms in total. The Balaban J connectivity index is 1.63. The lowest BCUT2D eigenvalue weighted by molar-refractivity contribution is 0.0210. The summed E-state index contributed by atoms with van der Waals surface area (Å²) in [5.74, 6) is 0.542. The molecule has 1 aromatic heterocycles. The number of hydrogen-bond donors (Lipinski definition) is 2. The van der Waals surface area contributed by atoms with Crippen LogP contribution >= 0.6 is 0 Å². The van der Waals surface area contributed by atoms with Crippen molar-refractivity contribution in [3.8, 4) is 0 Å². The lowest BCUT2D eigenvalue weighted by Gasteiger charge is -2.34. The number of fused-ring (bicyclic) bond motifs is 1. The van der Waals surface area contributed by atoms with Gasteiger partial charge in [0.1, 0.15) is 11.4 Å². The number of carbonyl (C=O) groups excluding carboxylic acids is 1. The van der Waals surface area contributed by atoms with Crippen molar-refractivity contribution < 1.29 is 9.53 Å². The molecule has 2 heterocycles. The molecule has 0 saturated carbocycles. The van der Waals surface area contributed by atoms with Gasteiger partial charge >= 0.3 is 6.09 Å². The molecule has 1 aliphatic heterocycles. The molecule has 0 radical (unpaired) electrons. The van der Waals surface area contributed by atoms with Crippen LogP contribution in [0.25, 0.3) is 10.8 Å². The maximum absolute atomic E-state index is 12.2. The van der Waals surface area contributed by atoms with E-state index in [1.165, 1.54) is 0 Å². The monoisotopic (exact) mass is 342 g/mol. The number of pyridine rings is 1. The van der Waals surface area contributed by atoms with Crippen molar-refractivity contribution in [1.29, 1.82) is 0 Å². The van der Waals surface area contributed by atoms with Crippen molar-refractivity contribution in [3.05, 3.63) is 30.5 Å². The zero-order valence-electron chi connectivity index (χ0n) is 15.1. The molecule has 0 spiro atoms. The van der Waals surface area contributed by atoms with E-state index in [0.29, 0.717) is 24.9 Å². The van der Waals surface area contributed by atoms with E-state index >= 15 is 0 Å². The smallest absolute Gasteiger partial charge is 0.410 e. The van der Waals surface area contributed by atoms with E-state index in [0.717, 1.165) is 29.3 Å². The zero-order chi connectivity index (χ0) is 18.0. The second-order valence-corrected chi connectivity index (χ2v) is 7.48. The SMILES string of the molecule is CC(C)(C)OC(=O)N1CCC(Nc2cccc3c(N)nccc23)CC1. The third-order valence-corrected chi connectivity index (χ3v) is 4.34. The van der Waals surface area contributed by atoms with Crippen LogP contribution in [0.1, 0.15) is 33.6 Å². The minimum Gasteiger partial charge on any atom is -0.444 e. The van der Waals surface area contributed by atoms with Gasteiger partial charge in [-0.25, -0.2) is 9.78 Å². The number of nitrogen functional groups attached to an aromatic ring is 1. The van der Waals surface area contributed by atoms with Crippen LogP contribution in [0.5, 0.6) is 0 Å². The number of benzene rings is 1. The van der Waals surface area contributed by atoms with E-state index in [1.54, 1.807) is 11.1 Å². The van der Waals surface area contributed by atoms with Gasteiger partial charge in [-0.05, 0) is 45.7 Å². The summed E-state index contributed by atoms with van der Waals surface area (Å²) in [6, 6.07) is 8.32. The Labute approximate surface area is 148 Å². The molecule has 1 aromatic carbocycles. The molecule has 134 valence electrons. The van der Waals surface area contributed by atoms with Crippen LogP contribution in [0.2, 0.25) is 0 Å². The highest BCUT2D eigenvalue weighted by molar-refractivity contribution is 5.99. The number of nitrogens with zero attached hydrogens (tertiary/aromatic N) is 2. The van der Waals surface area contributed by atoms with Crippen LogP contribution in [-0.2, 0) is 4.74 Å². The summed E-state index contributed by atoms with van der Waals surface area (Å²) < 4.78 is 5.45. The molecule has 1 aliphatic rings. The van der Waals surface area contributed by atoms with Gasteiger partial charge in [-0.2, -0.15) is 0 Å². The third-order valence-electron chi connectivity index (χ3n) is 4.34. The molecule has 2 aromatic rings. The van der Waals surface area contributed by atoms with Gasteiger partial charge in [-0.15, -0.1) is 0 Å². The average molecular weight is 342 g/mol. The number of aromatic nitrogens is 1. The fourth-order valence-corrected chi connectivity index (χ4v) is 3.11. The Morgan fingerprint density at radius 3 is 2.64 bits per heavy atom. The lowest BCUT2D eigenvalue weighted by Crippen LogP contribution is -2.44. The molecule has 1 amide bonds. The summed E-state index contributed by atoms with van der Waals surface area (Å²) in [6.07, 6.45) is 3.27. The Morgan fingerprint density at radius 1 is 1.24 bits per heavy atom. The minimum atomic E-state index is -0.455. The summed E-state index contributed by atoms with van der Waals surface area (Å²) in [5.41, 5.74) is 6.57. The van der Waals surface area contributed by atoms with E-state index in [4.69, 9.17) is 10.5 Å². The largest absolute Gasteiger partial charge is 0.444 e. The van der Waals surface area contributed by atoms with Crippen LogP contribution in [0.15, 0.2) is 30.5 Å². The lowest BCUT2D eigenvalue weighted by atomic mass is 10.0. The Bertz CT molecular complexity index is 762. The number of piperidine rings is 1. The molecule has 3 N–H and O–H groups in total. The van der Waals surface area contributed by atoms with Crippen molar-refractivity contribution in [1.82, 2.24) is 9.88 Å². The molecule has 1 fully saturated rings. The molecule has 0 aliphatic carbocycles. The molecular formula is C19H26N4O2. The highest BCUT2D eigenvalue weighted by Crippen LogP contribution is 2.28. The first-order valence-electron chi connectivity index (χ1n) is 8.71. The van der Waals surface area contributed by atoms with Gasteiger partial charge in [0, 0.05) is 41.8 Å². The number of ether oxygens (including phenoxy) is 1. The molecule has 0 bridgehead atoms. The van der Waals surface area contributed by atoms with Gasteiger partial charge < -0.3 is 20.7 Å². The third kappa shape index (κ3) is 4.13. The Morgan fingerprint density at radius 2 is 1.96 bits per heavy atom. The number of anilines is 2. The van der Waals surface area contributed by atoms with Crippen molar-refractivity contribution >= 4 is 28.4 Å². The normalized spacial score (nSPS) is 16.0. The molecule has 3 rings (SSSR count). The number of nitrogens with one attached hydrogen (secondary N) is 1. The summed E-state index contributed by atoms with van der Waals surface area (Å²) in [7, 11) is 0. The van der Waals surface area contributed by atoms with E-state index in [-0.39, 0.29) is 6.09 Å². The maximum atomic E-state index is 12.2. The number of hydrogen-bond acceptors (Lipinski definition) is 5. The molecule has 1 saturated heterocycles. The first-order valence-corrected chi connectivity index (χ1v) is 8.71. The highest BCUT2D eigenvalue weighted by Gasteiger charge is 2.26. The van der Waals surface area contributed by atoms with Gasteiger partial charge in [0.25, 0.3) is 0 Å². The van der Waals surface area contributed by atoms with E-state index < -0.39 is 5.60 Å². The zero-order valence-corrected chi connectivity index (χ0v) is 15.1. The van der Waals surface area contributed by atoms with Crippen LogP contribution in [0.4, 0.5) is 16.3 Å². The van der Waals surface area contributed by atoms with Gasteiger partial charge in [-0.3, -0.25) is 0 Å². The number of likely N-dealkylation sites (tertiary alicyclic amines) is 1. The first-order chi connectivity index (χ1) is 11.8. The number of nitrogens with two attached hydrogens (primary N) is 1. The van der Waals surface area contributed by atoms with Crippen LogP contribution < -0.4 is 11.1 Å². The van der Waals surface area contributed by atoms with Gasteiger partial charge in [-0.1, -0.05) is 12.1 Å². The van der Waals surface area contributed by atoms with Crippen molar-refractivity contribution in [3.63, 3.8) is 0 Å². The predicted molar refractivity (Wildman–Crippen MR) is 101 cm³/mol. The molecule has 6 heteroatoms. The summed E-state index contributed by atoms with van der Waals surface area (Å²) in [4.78, 5) is 18.1. The minimum absolute atomic E-state index is 0.227. The topological polar surface area (TPSA) is 80.5 Å². The molecular weight excluding hydrogens is 316 g/mol. The Hall–Kier alpha value is -2.50. The summed E-state index contributed by atoms with van der Waals surface area (Å²) in [5, 5.41) is 5.63. The molecule has 0 atom stereocenters. The molecule has 0 unspecified atom stereocenters. The van der Waals surface area contributed by atoms with Crippen molar-refractivity contribution in [2.45, 2.75) is 45.3 Å². The van der Waals surface area contributed by atoms with Gasteiger partial charge in [0.15, 0.2) is 0 Å². The van der Waals surface area contributed by atoms with E-state index in [1.807, 2.05) is 39.0 Å². The maximum Gasteiger partial charge on any atom is 0.410 e. The quantitative estimate of drug-likeness (QED) is 0.871. The van der Waals surface area contributed by atoms with E-state index in [2.05, 4.69) is 16.4 Å². The molecule has 25 heavy (non-hydrogen) atoms. The van der Waals surface area contributed by atoms with Gasteiger partial charge in [0.2, 0.25) is 0 Å². The fraction of sp³-hybridized carbons (Fsp3) is 0.474. The number of amides is 1. The predicted octanol–water partition coefficient (Wildman–Crippen LogP) is 3.63. The summed E-state index contributed by atoms with van der Waals surface area (Å²) >= 11 is 0. The standard InChI is InChI=1S/C19H26N4O2/c1-19(2,3)25-18(24)23-11-8-13(9-12-23)22-16-6-4-5-15-14(16)7-10-21-17(15)20/h4-7,10,13,22H,8-9,11-12H2,1-3H3,(H2,20,21). The van der Waals surface area contributed by atoms with Crippen LogP contribution in [0.3, 0.4) is 0 Å². The first kappa shape index (κ1) is 17.3. The second kappa shape index (κ2) is 6.78. The summed E-state index contributed by atoms with van der Waals surface area (Å²) in [6.45, 7) is 7.06. The van der Waals surface area contributed by atoms with Crippen LogP contribution in [-0.4, -0.2) is 40.7 Å². The Kier molecular flexibility index (Phi) is 4.70. The number of carbonyl (C=O) groups is 1. The number of rotatable bonds is 2.